The smallest absolute Gasteiger partial charge is 0.326 e. The summed E-state index contributed by atoms with van der Waals surface area (Å²) in [7, 11) is 0. The van der Waals surface area contributed by atoms with Gasteiger partial charge in [-0.1, -0.05) is 6.92 Å². The van der Waals surface area contributed by atoms with Gasteiger partial charge in [0.25, 0.3) is 5.91 Å². The van der Waals surface area contributed by atoms with Gasteiger partial charge in [-0.3, -0.25) is 4.79 Å². The molecule has 1 unspecified atom stereocenters. The van der Waals surface area contributed by atoms with E-state index >= 15 is 0 Å². The first-order valence-electron chi connectivity index (χ1n) is 5.83. The van der Waals surface area contributed by atoms with Crippen LogP contribution in [-0.4, -0.2) is 45.7 Å². The second-order valence-corrected chi connectivity index (χ2v) is 5.49. The lowest BCUT2D eigenvalue weighted by atomic mass is 10.2. The SMILES string of the molecule is CCc1ccc(C(=O)N2CC(O)C[C@H]2C(=O)O)s1. The van der Waals surface area contributed by atoms with Crippen LogP contribution in [0.25, 0.3) is 0 Å². The lowest BCUT2D eigenvalue weighted by Crippen LogP contribution is -2.40. The van der Waals surface area contributed by atoms with Gasteiger partial charge in [0.1, 0.15) is 6.04 Å². The van der Waals surface area contributed by atoms with E-state index < -0.39 is 18.1 Å². The summed E-state index contributed by atoms with van der Waals surface area (Å²) in [5, 5.41) is 18.6. The average Bonchev–Trinajstić information content (AvgIpc) is 2.94. The van der Waals surface area contributed by atoms with Gasteiger partial charge in [-0.25, -0.2) is 4.79 Å². The summed E-state index contributed by atoms with van der Waals surface area (Å²) in [4.78, 5) is 26.1. The van der Waals surface area contributed by atoms with Crippen molar-refractivity contribution >= 4 is 23.2 Å². The van der Waals surface area contributed by atoms with Gasteiger partial charge in [-0.15, -0.1) is 11.3 Å². The number of aliphatic hydroxyl groups is 1. The van der Waals surface area contributed by atoms with E-state index in [9.17, 15) is 14.7 Å². The molecule has 1 amide bonds. The van der Waals surface area contributed by atoms with Crippen LogP contribution in [-0.2, 0) is 11.2 Å². The average molecular weight is 269 g/mol. The number of hydrogen-bond acceptors (Lipinski definition) is 4. The maximum atomic E-state index is 12.2. The fourth-order valence-corrected chi connectivity index (χ4v) is 3.00. The van der Waals surface area contributed by atoms with Gasteiger partial charge in [0.2, 0.25) is 0 Å². The first kappa shape index (κ1) is 13.0. The zero-order valence-corrected chi connectivity index (χ0v) is 10.8. The molecule has 98 valence electrons. The topological polar surface area (TPSA) is 77.8 Å². The Balaban J connectivity index is 2.19. The van der Waals surface area contributed by atoms with E-state index in [-0.39, 0.29) is 18.9 Å². The zero-order chi connectivity index (χ0) is 13.3. The summed E-state index contributed by atoms with van der Waals surface area (Å²) in [5.41, 5.74) is 0. The maximum absolute atomic E-state index is 12.2. The molecule has 0 aliphatic carbocycles. The van der Waals surface area contributed by atoms with Crippen molar-refractivity contribution in [3.05, 3.63) is 21.9 Å². The molecule has 0 radical (unpaired) electrons. The van der Waals surface area contributed by atoms with Gasteiger partial charge >= 0.3 is 5.97 Å². The summed E-state index contributed by atoms with van der Waals surface area (Å²) in [6.07, 6.45) is 0.205. The first-order chi connectivity index (χ1) is 8.52. The van der Waals surface area contributed by atoms with Gasteiger partial charge in [-0.2, -0.15) is 0 Å². The molecule has 2 heterocycles. The van der Waals surface area contributed by atoms with Crippen molar-refractivity contribution in [3.63, 3.8) is 0 Å². The Morgan fingerprint density at radius 1 is 1.50 bits per heavy atom. The van der Waals surface area contributed by atoms with Gasteiger partial charge in [0.05, 0.1) is 11.0 Å². The summed E-state index contributed by atoms with van der Waals surface area (Å²) >= 11 is 1.38. The third-order valence-corrected chi connectivity index (χ3v) is 4.26. The highest BCUT2D eigenvalue weighted by Crippen LogP contribution is 2.24. The lowest BCUT2D eigenvalue weighted by molar-refractivity contribution is -0.141. The van der Waals surface area contributed by atoms with Crippen LogP contribution in [0.3, 0.4) is 0 Å². The number of β-amino-alcohol motifs (C(OH)–C–C–N with tert-alkyl or cyclic N) is 1. The summed E-state index contributed by atoms with van der Waals surface area (Å²) in [6.45, 7) is 2.09. The second kappa shape index (κ2) is 5.07. The normalized spacial score (nSPS) is 23.3. The van der Waals surface area contributed by atoms with Gasteiger partial charge in [0, 0.05) is 17.8 Å². The Morgan fingerprint density at radius 3 is 2.78 bits per heavy atom. The van der Waals surface area contributed by atoms with E-state index in [0.29, 0.717) is 4.88 Å². The van der Waals surface area contributed by atoms with Crippen LogP contribution >= 0.6 is 11.3 Å². The van der Waals surface area contributed by atoms with Gasteiger partial charge in [-0.05, 0) is 18.6 Å². The number of likely N-dealkylation sites (tertiary alicyclic amines) is 1. The highest BCUT2D eigenvalue weighted by atomic mass is 32.1. The number of carboxylic acids is 1. The predicted molar refractivity (Wildman–Crippen MR) is 66.8 cm³/mol. The molecule has 1 aliphatic heterocycles. The van der Waals surface area contributed by atoms with Crippen LogP contribution in [0, 0.1) is 0 Å². The quantitative estimate of drug-likeness (QED) is 0.857. The van der Waals surface area contributed by atoms with E-state index in [1.807, 2.05) is 13.0 Å². The minimum atomic E-state index is -1.06. The molecular weight excluding hydrogens is 254 g/mol. The molecule has 1 saturated heterocycles. The van der Waals surface area contributed by atoms with Crippen LogP contribution in [0.1, 0.15) is 27.9 Å². The molecule has 0 aromatic carbocycles. The van der Waals surface area contributed by atoms with Crippen LogP contribution < -0.4 is 0 Å². The van der Waals surface area contributed by atoms with Crippen molar-refractivity contribution in [1.82, 2.24) is 4.90 Å². The Labute approximate surface area is 109 Å². The summed E-state index contributed by atoms with van der Waals surface area (Å²) in [5.74, 6) is -1.36. The third-order valence-electron chi connectivity index (χ3n) is 3.05. The molecule has 0 spiro atoms. The van der Waals surface area contributed by atoms with E-state index in [1.165, 1.54) is 16.2 Å². The molecule has 0 saturated carbocycles. The Kier molecular flexibility index (Phi) is 3.68. The van der Waals surface area contributed by atoms with E-state index in [0.717, 1.165) is 11.3 Å². The Hall–Kier alpha value is -1.40. The number of thiophene rings is 1. The van der Waals surface area contributed by atoms with E-state index in [1.54, 1.807) is 6.07 Å². The molecule has 0 bridgehead atoms. The van der Waals surface area contributed by atoms with Crippen molar-refractivity contribution < 1.29 is 19.8 Å². The summed E-state index contributed by atoms with van der Waals surface area (Å²) in [6, 6.07) is 2.68. The van der Waals surface area contributed by atoms with Gasteiger partial charge in [0.15, 0.2) is 0 Å². The van der Waals surface area contributed by atoms with Crippen molar-refractivity contribution in [1.29, 1.82) is 0 Å². The Morgan fingerprint density at radius 2 is 2.22 bits per heavy atom. The minimum Gasteiger partial charge on any atom is -0.480 e. The third kappa shape index (κ3) is 2.39. The first-order valence-corrected chi connectivity index (χ1v) is 6.65. The highest BCUT2D eigenvalue weighted by Gasteiger charge is 2.39. The molecule has 1 aliphatic rings. The van der Waals surface area contributed by atoms with Crippen molar-refractivity contribution in [2.24, 2.45) is 0 Å². The fraction of sp³-hybridized carbons (Fsp3) is 0.500. The minimum absolute atomic E-state index is 0.0924. The van der Waals surface area contributed by atoms with Crippen LogP contribution in [0.5, 0.6) is 0 Å². The molecule has 2 N–H and O–H groups in total. The largest absolute Gasteiger partial charge is 0.480 e. The summed E-state index contributed by atoms with van der Waals surface area (Å²) < 4.78 is 0. The number of hydrogen-bond donors (Lipinski definition) is 2. The van der Waals surface area contributed by atoms with Crippen LogP contribution in [0.15, 0.2) is 12.1 Å². The molecule has 6 heteroatoms. The molecule has 1 aromatic rings. The number of aliphatic hydroxyl groups excluding tert-OH is 1. The highest BCUT2D eigenvalue weighted by molar-refractivity contribution is 7.14. The second-order valence-electron chi connectivity index (χ2n) is 4.32. The fourth-order valence-electron chi connectivity index (χ4n) is 2.10. The molecular formula is C12H15NO4S. The number of aryl methyl sites for hydroxylation is 1. The number of aliphatic carboxylic acids is 1. The van der Waals surface area contributed by atoms with Gasteiger partial charge < -0.3 is 15.1 Å². The van der Waals surface area contributed by atoms with E-state index in [4.69, 9.17) is 5.11 Å². The van der Waals surface area contributed by atoms with Crippen LogP contribution in [0.2, 0.25) is 0 Å². The zero-order valence-electron chi connectivity index (χ0n) is 10.00. The number of carbonyl (C=O) groups is 2. The number of carbonyl (C=O) groups excluding carboxylic acids is 1. The standard InChI is InChI=1S/C12H15NO4S/c1-2-8-3-4-10(18-8)11(15)13-6-7(14)5-9(13)12(16)17/h3-4,7,9,14H,2,5-6H2,1H3,(H,16,17)/t7?,9-/m0/s1. The number of amides is 1. The molecule has 2 rings (SSSR count). The number of carboxylic acid groups (broad SMARTS) is 1. The predicted octanol–water partition coefficient (Wildman–Crippen LogP) is 0.970. The molecule has 18 heavy (non-hydrogen) atoms. The number of nitrogens with zero attached hydrogens (tertiary/aromatic N) is 1. The van der Waals surface area contributed by atoms with Crippen molar-refractivity contribution in [2.75, 3.05) is 6.54 Å². The number of rotatable bonds is 3. The lowest BCUT2D eigenvalue weighted by Gasteiger charge is -2.20. The van der Waals surface area contributed by atoms with Crippen LogP contribution in [0.4, 0.5) is 0 Å². The molecule has 2 atom stereocenters. The van der Waals surface area contributed by atoms with Crippen molar-refractivity contribution in [3.8, 4) is 0 Å². The Bertz CT molecular complexity index is 470. The van der Waals surface area contributed by atoms with E-state index in [2.05, 4.69) is 0 Å². The molecule has 1 fully saturated rings. The van der Waals surface area contributed by atoms with Crippen molar-refractivity contribution in [2.45, 2.75) is 31.9 Å². The monoisotopic (exact) mass is 269 g/mol. The molecule has 5 nitrogen and oxygen atoms in total. The maximum Gasteiger partial charge on any atom is 0.326 e. The molecule has 1 aromatic heterocycles.